The maximum absolute atomic E-state index is 13.6. The van der Waals surface area contributed by atoms with Crippen molar-refractivity contribution in [1.82, 2.24) is 0 Å². The Labute approximate surface area is 106 Å². The predicted octanol–water partition coefficient (Wildman–Crippen LogP) is 2.71. The lowest BCUT2D eigenvalue weighted by atomic mass is 10.0. The summed E-state index contributed by atoms with van der Waals surface area (Å²) in [4.78, 5) is 2.32. The second kappa shape index (κ2) is 5.27. The number of nitrogens with zero attached hydrogens (tertiary/aromatic N) is 1. The van der Waals surface area contributed by atoms with Crippen molar-refractivity contribution in [3.63, 3.8) is 0 Å². The first kappa shape index (κ1) is 12.7. The Morgan fingerprint density at radius 1 is 1.35 bits per heavy atom. The minimum absolute atomic E-state index is 0.130. The van der Waals surface area contributed by atoms with Gasteiger partial charge >= 0.3 is 0 Å². The second-order valence-electron chi connectivity index (χ2n) is 4.55. The molecular weight excluding hydrogens is 235 g/mol. The second-order valence-corrected chi connectivity index (χ2v) is 5.77. The van der Waals surface area contributed by atoms with E-state index in [1.807, 2.05) is 31.7 Å². The van der Waals surface area contributed by atoms with Gasteiger partial charge in [0.15, 0.2) is 0 Å². The number of nitrogens with two attached hydrogens (primary N) is 1. The molecule has 0 amide bonds. The molecule has 17 heavy (non-hydrogen) atoms. The van der Waals surface area contributed by atoms with Gasteiger partial charge < -0.3 is 10.6 Å². The van der Waals surface area contributed by atoms with Crippen molar-refractivity contribution in [2.75, 3.05) is 29.5 Å². The molecule has 0 saturated carbocycles. The fraction of sp³-hybridized carbons (Fsp3) is 0.538. The normalized spacial score (nSPS) is 18.2. The zero-order valence-electron chi connectivity index (χ0n) is 10.4. The Bertz CT molecular complexity index is 401. The Balaban J connectivity index is 2.39. The molecule has 1 aliphatic rings. The largest absolute Gasteiger partial charge is 0.370 e. The maximum atomic E-state index is 13.6. The van der Waals surface area contributed by atoms with E-state index < -0.39 is 0 Å². The van der Waals surface area contributed by atoms with Gasteiger partial charge in [0.1, 0.15) is 5.82 Å². The molecule has 2 rings (SSSR count). The number of hydrogen-bond donors (Lipinski definition) is 1. The molecule has 1 heterocycles. The Kier molecular flexibility index (Phi) is 3.94. The van der Waals surface area contributed by atoms with Crippen molar-refractivity contribution in [2.45, 2.75) is 19.9 Å². The van der Waals surface area contributed by atoms with Crippen molar-refractivity contribution in [3.05, 3.63) is 29.1 Å². The highest BCUT2D eigenvalue weighted by Gasteiger charge is 2.18. The third-order valence-electron chi connectivity index (χ3n) is 3.15. The van der Waals surface area contributed by atoms with E-state index in [0.29, 0.717) is 5.56 Å². The smallest absolute Gasteiger partial charge is 0.126 e. The van der Waals surface area contributed by atoms with Crippen LogP contribution >= 0.6 is 11.8 Å². The number of halogens is 1. The van der Waals surface area contributed by atoms with E-state index >= 15 is 0 Å². The van der Waals surface area contributed by atoms with Crippen LogP contribution in [0.1, 0.15) is 24.1 Å². The standard InChI is InChI=1S/C13H19FN2S/c1-9-7-13(16-3-5-17-6-4-16)11(10(2)15)8-12(9)14/h7-8,10H,3-6,15H2,1-2H3. The molecule has 0 aromatic heterocycles. The Morgan fingerprint density at radius 2 is 2.00 bits per heavy atom. The SMILES string of the molecule is Cc1cc(N2CCSCC2)c(C(C)N)cc1F. The molecule has 0 bridgehead atoms. The molecule has 1 aliphatic heterocycles. The third-order valence-corrected chi connectivity index (χ3v) is 4.09. The van der Waals surface area contributed by atoms with Gasteiger partial charge in [-0.15, -0.1) is 0 Å². The lowest BCUT2D eigenvalue weighted by Gasteiger charge is -2.31. The van der Waals surface area contributed by atoms with Crippen LogP contribution in [-0.2, 0) is 0 Å². The first-order chi connectivity index (χ1) is 8.09. The number of anilines is 1. The van der Waals surface area contributed by atoms with Gasteiger partial charge in [0, 0.05) is 36.3 Å². The number of benzene rings is 1. The predicted molar refractivity (Wildman–Crippen MR) is 73.3 cm³/mol. The van der Waals surface area contributed by atoms with Gasteiger partial charge in [-0.1, -0.05) is 0 Å². The van der Waals surface area contributed by atoms with Crippen LogP contribution in [0, 0.1) is 12.7 Å². The van der Waals surface area contributed by atoms with Crippen molar-refractivity contribution in [3.8, 4) is 0 Å². The molecule has 0 spiro atoms. The van der Waals surface area contributed by atoms with E-state index in [-0.39, 0.29) is 11.9 Å². The van der Waals surface area contributed by atoms with Gasteiger partial charge in [0.2, 0.25) is 0 Å². The molecule has 0 radical (unpaired) electrons. The minimum atomic E-state index is -0.160. The first-order valence-electron chi connectivity index (χ1n) is 5.98. The van der Waals surface area contributed by atoms with Crippen LogP contribution in [0.5, 0.6) is 0 Å². The summed E-state index contributed by atoms with van der Waals surface area (Å²) in [5.41, 5.74) is 8.67. The van der Waals surface area contributed by atoms with Crippen LogP contribution in [-0.4, -0.2) is 24.6 Å². The fourth-order valence-corrected chi connectivity index (χ4v) is 3.03. The topological polar surface area (TPSA) is 29.3 Å². The fourth-order valence-electron chi connectivity index (χ4n) is 2.12. The first-order valence-corrected chi connectivity index (χ1v) is 7.13. The summed E-state index contributed by atoms with van der Waals surface area (Å²) in [5, 5.41) is 0. The molecule has 1 fully saturated rings. The Hall–Kier alpha value is -0.740. The minimum Gasteiger partial charge on any atom is -0.370 e. The molecule has 94 valence electrons. The summed E-state index contributed by atoms with van der Waals surface area (Å²) >= 11 is 1.97. The quantitative estimate of drug-likeness (QED) is 0.880. The molecular formula is C13H19FN2S. The van der Waals surface area contributed by atoms with Crippen LogP contribution in [0.15, 0.2) is 12.1 Å². The van der Waals surface area contributed by atoms with Gasteiger partial charge in [-0.05, 0) is 37.1 Å². The Morgan fingerprint density at radius 3 is 2.59 bits per heavy atom. The average Bonchev–Trinajstić information content (AvgIpc) is 2.33. The lowest BCUT2D eigenvalue weighted by Crippen LogP contribution is -2.33. The van der Waals surface area contributed by atoms with E-state index in [2.05, 4.69) is 4.90 Å². The molecule has 1 saturated heterocycles. The summed E-state index contributed by atoms with van der Waals surface area (Å²) in [5.74, 6) is 2.11. The molecule has 2 nitrogen and oxygen atoms in total. The van der Waals surface area contributed by atoms with E-state index in [1.54, 1.807) is 6.07 Å². The average molecular weight is 254 g/mol. The molecule has 1 atom stereocenters. The van der Waals surface area contributed by atoms with Crippen molar-refractivity contribution in [1.29, 1.82) is 0 Å². The van der Waals surface area contributed by atoms with Crippen LogP contribution in [0.25, 0.3) is 0 Å². The molecule has 1 aromatic carbocycles. The number of rotatable bonds is 2. The van der Waals surface area contributed by atoms with Crippen molar-refractivity contribution >= 4 is 17.4 Å². The lowest BCUT2D eigenvalue weighted by molar-refractivity contribution is 0.612. The molecule has 4 heteroatoms. The highest BCUT2D eigenvalue weighted by molar-refractivity contribution is 7.99. The van der Waals surface area contributed by atoms with E-state index in [9.17, 15) is 4.39 Å². The van der Waals surface area contributed by atoms with Crippen LogP contribution in [0.2, 0.25) is 0 Å². The van der Waals surface area contributed by atoms with Crippen LogP contribution in [0.4, 0.5) is 10.1 Å². The van der Waals surface area contributed by atoms with Gasteiger partial charge in [-0.25, -0.2) is 4.39 Å². The third kappa shape index (κ3) is 2.75. The van der Waals surface area contributed by atoms with E-state index in [4.69, 9.17) is 5.73 Å². The number of thioether (sulfide) groups is 1. The van der Waals surface area contributed by atoms with Gasteiger partial charge in [0.25, 0.3) is 0 Å². The highest BCUT2D eigenvalue weighted by atomic mass is 32.2. The van der Waals surface area contributed by atoms with Crippen LogP contribution in [0.3, 0.4) is 0 Å². The zero-order valence-corrected chi connectivity index (χ0v) is 11.2. The summed E-state index contributed by atoms with van der Waals surface area (Å²) in [7, 11) is 0. The molecule has 2 N–H and O–H groups in total. The molecule has 1 aromatic rings. The van der Waals surface area contributed by atoms with Gasteiger partial charge in [-0.3, -0.25) is 0 Å². The maximum Gasteiger partial charge on any atom is 0.126 e. The van der Waals surface area contributed by atoms with E-state index in [1.165, 1.54) is 0 Å². The molecule has 0 aliphatic carbocycles. The monoisotopic (exact) mass is 254 g/mol. The van der Waals surface area contributed by atoms with Crippen molar-refractivity contribution < 1.29 is 4.39 Å². The number of hydrogen-bond acceptors (Lipinski definition) is 3. The summed E-state index contributed by atoms with van der Waals surface area (Å²) in [6.07, 6.45) is 0. The van der Waals surface area contributed by atoms with E-state index in [0.717, 1.165) is 35.8 Å². The van der Waals surface area contributed by atoms with Crippen LogP contribution < -0.4 is 10.6 Å². The highest BCUT2D eigenvalue weighted by Crippen LogP contribution is 2.30. The van der Waals surface area contributed by atoms with Crippen molar-refractivity contribution in [2.24, 2.45) is 5.73 Å². The molecule has 1 unspecified atom stereocenters. The number of aryl methyl sites for hydroxylation is 1. The summed E-state index contributed by atoms with van der Waals surface area (Å²) in [6.45, 7) is 5.76. The summed E-state index contributed by atoms with van der Waals surface area (Å²) < 4.78 is 13.6. The van der Waals surface area contributed by atoms with Gasteiger partial charge in [0.05, 0.1) is 0 Å². The summed E-state index contributed by atoms with van der Waals surface area (Å²) in [6, 6.07) is 3.40. The van der Waals surface area contributed by atoms with Gasteiger partial charge in [-0.2, -0.15) is 11.8 Å². The zero-order chi connectivity index (χ0) is 12.4.